The van der Waals surface area contributed by atoms with Crippen LogP contribution in [0.15, 0.2) is 87.9 Å². The standard InChI is InChI=1S/C22H24N6O/c1-2-3-15-24-21-26-20(18-11-6-4-7-12-18)22(29,19-13-8-5-9-14-19)28(21)17-10-16-25-27-23/h2-9,11-15,20,29H,10,16-17H2,1H3/b3-2-,24-15?. The molecule has 0 aromatic heterocycles. The quantitative estimate of drug-likeness (QED) is 0.247. The SMILES string of the molecule is C/C=C\C=NC1=NC(c2ccccc2)C(O)(c2ccccc2)N1CCCN=[N+]=[N-]. The van der Waals surface area contributed by atoms with E-state index in [1.807, 2.05) is 79.7 Å². The van der Waals surface area contributed by atoms with Crippen LogP contribution in [0.1, 0.15) is 30.5 Å². The van der Waals surface area contributed by atoms with Crippen LogP contribution in [0.5, 0.6) is 0 Å². The van der Waals surface area contributed by atoms with E-state index < -0.39 is 11.8 Å². The summed E-state index contributed by atoms with van der Waals surface area (Å²) in [6, 6.07) is 18.7. The number of hydrogen-bond donors (Lipinski definition) is 1. The minimum atomic E-state index is -1.40. The average Bonchev–Trinajstić information content (AvgIpc) is 3.05. The van der Waals surface area contributed by atoms with Crippen LogP contribution in [-0.4, -0.2) is 35.3 Å². The van der Waals surface area contributed by atoms with Crippen molar-refractivity contribution in [2.45, 2.75) is 25.1 Å². The first-order valence-electron chi connectivity index (χ1n) is 9.56. The van der Waals surface area contributed by atoms with E-state index in [-0.39, 0.29) is 0 Å². The highest BCUT2D eigenvalue weighted by molar-refractivity contribution is 5.92. The minimum absolute atomic E-state index is 0.333. The predicted octanol–water partition coefficient (Wildman–Crippen LogP) is 4.59. The Bertz CT molecular complexity index is 934. The molecule has 2 aromatic rings. The number of guanidine groups is 1. The molecule has 0 saturated heterocycles. The summed E-state index contributed by atoms with van der Waals surface area (Å²) in [5.41, 5.74) is 8.80. The van der Waals surface area contributed by atoms with Crippen LogP contribution in [0.4, 0.5) is 0 Å². The molecule has 29 heavy (non-hydrogen) atoms. The highest BCUT2D eigenvalue weighted by Crippen LogP contribution is 2.45. The van der Waals surface area contributed by atoms with Crippen molar-refractivity contribution in [3.8, 4) is 0 Å². The number of hydrogen-bond acceptors (Lipinski definition) is 5. The van der Waals surface area contributed by atoms with Crippen LogP contribution in [0, 0.1) is 0 Å². The lowest BCUT2D eigenvalue weighted by Crippen LogP contribution is -2.48. The van der Waals surface area contributed by atoms with E-state index in [2.05, 4.69) is 15.0 Å². The van der Waals surface area contributed by atoms with Crippen molar-refractivity contribution in [2.24, 2.45) is 15.1 Å². The highest BCUT2D eigenvalue weighted by atomic mass is 16.3. The van der Waals surface area contributed by atoms with E-state index in [0.717, 1.165) is 11.1 Å². The van der Waals surface area contributed by atoms with Gasteiger partial charge in [0.15, 0.2) is 5.72 Å². The Hall–Kier alpha value is -3.41. The van der Waals surface area contributed by atoms with Crippen LogP contribution in [0.2, 0.25) is 0 Å². The van der Waals surface area contributed by atoms with Gasteiger partial charge in [0.05, 0.1) is 0 Å². The molecule has 0 saturated carbocycles. The Balaban J connectivity index is 2.08. The molecule has 0 fully saturated rings. The Labute approximate surface area is 170 Å². The first kappa shape index (κ1) is 20.3. The van der Waals surface area contributed by atoms with Crippen molar-refractivity contribution in [3.05, 3.63) is 94.4 Å². The molecule has 2 atom stereocenters. The van der Waals surface area contributed by atoms with Crippen molar-refractivity contribution in [1.82, 2.24) is 4.90 Å². The summed E-state index contributed by atoms with van der Waals surface area (Å²) in [6.07, 6.45) is 5.93. The first-order chi connectivity index (χ1) is 14.2. The molecule has 1 N–H and O–H groups in total. The van der Waals surface area contributed by atoms with Crippen LogP contribution in [0.3, 0.4) is 0 Å². The Morgan fingerprint density at radius 2 is 1.86 bits per heavy atom. The smallest absolute Gasteiger partial charge is 0.224 e. The number of nitrogens with zero attached hydrogens (tertiary/aromatic N) is 6. The third-order valence-corrected chi connectivity index (χ3v) is 4.76. The van der Waals surface area contributed by atoms with E-state index in [1.54, 1.807) is 11.1 Å². The zero-order valence-corrected chi connectivity index (χ0v) is 16.3. The zero-order chi connectivity index (χ0) is 20.5. The van der Waals surface area contributed by atoms with E-state index in [9.17, 15) is 5.11 Å². The van der Waals surface area contributed by atoms with Crippen LogP contribution >= 0.6 is 0 Å². The maximum absolute atomic E-state index is 12.0. The van der Waals surface area contributed by atoms with Gasteiger partial charge >= 0.3 is 0 Å². The summed E-state index contributed by atoms with van der Waals surface area (Å²) in [4.78, 5) is 13.9. The van der Waals surface area contributed by atoms with Gasteiger partial charge in [-0.3, -0.25) is 0 Å². The minimum Gasteiger partial charge on any atom is -0.365 e. The molecule has 148 valence electrons. The monoisotopic (exact) mass is 388 g/mol. The number of aliphatic imine (C=N–C) groups is 2. The molecule has 7 heteroatoms. The lowest BCUT2D eigenvalue weighted by atomic mass is 9.89. The van der Waals surface area contributed by atoms with Gasteiger partial charge in [0, 0.05) is 29.8 Å². The normalized spacial score (nSPS) is 21.5. The highest BCUT2D eigenvalue weighted by Gasteiger charge is 2.51. The fourth-order valence-corrected chi connectivity index (χ4v) is 3.43. The fraction of sp³-hybridized carbons (Fsp3) is 0.273. The topological polar surface area (TPSA) is 97.0 Å². The lowest BCUT2D eigenvalue weighted by molar-refractivity contribution is -0.0845. The Morgan fingerprint density at radius 1 is 1.17 bits per heavy atom. The molecule has 1 aliphatic heterocycles. The van der Waals surface area contributed by atoms with Crippen LogP contribution in [-0.2, 0) is 5.72 Å². The number of aliphatic hydroxyl groups is 1. The number of allylic oxidation sites excluding steroid dienone is 2. The molecule has 1 heterocycles. The van der Waals surface area contributed by atoms with Gasteiger partial charge in [-0.2, -0.15) is 0 Å². The van der Waals surface area contributed by atoms with Gasteiger partial charge in [0.25, 0.3) is 0 Å². The molecule has 2 aromatic carbocycles. The van der Waals surface area contributed by atoms with Gasteiger partial charge in [-0.25, -0.2) is 9.98 Å². The number of rotatable bonds is 7. The van der Waals surface area contributed by atoms with Crippen molar-refractivity contribution in [2.75, 3.05) is 13.1 Å². The van der Waals surface area contributed by atoms with Crippen molar-refractivity contribution >= 4 is 12.2 Å². The Morgan fingerprint density at radius 3 is 2.52 bits per heavy atom. The van der Waals surface area contributed by atoms with Crippen molar-refractivity contribution in [3.63, 3.8) is 0 Å². The largest absolute Gasteiger partial charge is 0.365 e. The van der Waals surface area contributed by atoms with Crippen molar-refractivity contribution in [1.29, 1.82) is 0 Å². The van der Waals surface area contributed by atoms with Gasteiger partial charge in [0.1, 0.15) is 6.04 Å². The Kier molecular flexibility index (Phi) is 6.79. The second-order valence-corrected chi connectivity index (χ2v) is 6.60. The first-order valence-corrected chi connectivity index (χ1v) is 9.56. The number of benzene rings is 2. The predicted molar refractivity (Wildman–Crippen MR) is 116 cm³/mol. The summed E-state index contributed by atoms with van der Waals surface area (Å²) < 4.78 is 0. The van der Waals surface area contributed by atoms with Gasteiger partial charge < -0.3 is 10.0 Å². The zero-order valence-electron chi connectivity index (χ0n) is 16.3. The van der Waals surface area contributed by atoms with Gasteiger partial charge in [-0.05, 0) is 30.5 Å². The molecule has 0 spiro atoms. The second kappa shape index (κ2) is 9.68. The molecule has 0 radical (unpaired) electrons. The summed E-state index contributed by atoms with van der Waals surface area (Å²) in [5.74, 6) is 0.448. The summed E-state index contributed by atoms with van der Waals surface area (Å²) in [5, 5.41) is 15.6. The molecule has 0 aliphatic carbocycles. The average molecular weight is 388 g/mol. The van der Waals surface area contributed by atoms with Gasteiger partial charge in [0.2, 0.25) is 5.96 Å². The van der Waals surface area contributed by atoms with E-state index in [0.29, 0.717) is 25.5 Å². The summed E-state index contributed by atoms with van der Waals surface area (Å²) in [7, 11) is 0. The van der Waals surface area contributed by atoms with Gasteiger partial charge in [-0.1, -0.05) is 71.9 Å². The molecule has 7 nitrogen and oxygen atoms in total. The van der Waals surface area contributed by atoms with E-state index in [1.165, 1.54) is 0 Å². The number of azide groups is 1. The second-order valence-electron chi connectivity index (χ2n) is 6.60. The maximum Gasteiger partial charge on any atom is 0.224 e. The fourth-order valence-electron chi connectivity index (χ4n) is 3.43. The van der Waals surface area contributed by atoms with Crippen molar-refractivity contribution < 1.29 is 5.11 Å². The molecule has 0 amide bonds. The van der Waals surface area contributed by atoms with E-state index in [4.69, 9.17) is 10.5 Å². The van der Waals surface area contributed by atoms with E-state index >= 15 is 0 Å². The maximum atomic E-state index is 12.0. The van der Waals surface area contributed by atoms with Crippen LogP contribution < -0.4 is 0 Å². The molecule has 0 bridgehead atoms. The molecule has 3 rings (SSSR count). The van der Waals surface area contributed by atoms with Gasteiger partial charge in [-0.15, -0.1) is 0 Å². The third-order valence-electron chi connectivity index (χ3n) is 4.76. The lowest BCUT2D eigenvalue weighted by Gasteiger charge is -2.38. The molecular weight excluding hydrogens is 364 g/mol. The summed E-state index contributed by atoms with van der Waals surface area (Å²) in [6.45, 7) is 2.69. The third kappa shape index (κ3) is 4.37. The summed E-state index contributed by atoms with van der Waals surface area (Å²) >= 11 is 0. The van der Waals surface area contributed by atoms with Crippen LogP contribution in [0.25, 0.3) is 10.4 Å². The molecular formula is C22H24N6O. The molecule has 2 unspecified atom stereocenters. The molecule has 1 aliphatic rings.